The topological polar surface area (TPSA) is 49.9 Å². The van der Waals surface area contributed by atoms with Gasteiger partial charge in [0.05, 0.1) is 0 Å². The van der Waals surface area contributed by atoms with Gasteiger partial charge in [0.2, 0.25) is 5.91 Å². The SMILES string of the molecule is CC(=O)N1C[C@@H]2CN(C(=O)OC(C)(C)C)CCc3cccc1c32. The smallest absolute Gasteiger partial charge is 0.410 e. The molecule has 0 unspecified atom stereocenters. The number of carbonyl (C=O) groups excluding carboxylic acids is 2. The average molecular weight is 316 g/mol. The van der Waals surface area contributed by atoms with E-state index in [2.05, 4.69) is 6.07 Å². The predicted molar refractivity (Wildman–Crippen MR) is 88.7 cm³/mol. The first kappa shape index (κ1) is 15.8. The van der Waals surface area contributed by atoms with E-state index >= 15 is 0 Å². The van der Waals surface area contributed by atoms with Crippen LogP contribution in [0.25, 0.3) is 0 Å². The fraction of sp³-hybridized carbons (Fsp3) is 0.556. The number of ether oxygens (including phenoxy) is 1. The summed E-state index contributed by atoms with van der Waals surface area (Å²) in [6, 6.07) is 6.10. The van der Waals surface area contributed by atoms with Crippen LogP contribution in [-0.2, 0) is 16.0 Å². The van der Waals surface area contributed by atoms with Crippen LogP contribution < -0.4 is 4.90 Å². The van der Waals surface area contributed by atoms with E-state index in [0.29, 0.717) is 19.6 Å². The molecule has 0 radical (unpaired) electrons. The average Bonchev–Trinajstić information content (AvgIpc) is 2.69. The Labute approximate surface area is 137 Å². The molecule has 2 heterocycles. The van der Waals surface area contributed by atoms with Gasteiger partial charge in [-0.2, -0.15) is 0 Å². The zero-order valence-electron chi connectivity index (χ0n) is 14.3. The van der Waals surface area contributed by atoms with Crippen LogP contribution in [0, 0.1) is 0 Å². The number of benzene rings is 1. The van der Waals surface area contributed by atoms with Gasteiger partial charge in [-0.3, -0.25) is 4.79 Å². The van der Waals surface area contributed by atoms with Crippen molar-refractivity contribution in [2.75, 3.05) is 24.5 Å². The molecule has 2 amide bonds. The van der Waals surface area contributed by atoms with Crippen molar-refractivity contribution in [2.24, 2.45) is 0 Å². The lowest BCUT2D eigenvalue weighted by molar-refractivity contribution is -0.116. The molecule has 0 saturated carbocycles. The van der Waals surface area contributed by atoms with Crippen molar-refractivity contribution in [3.8, 4) is 0 Å². The first-order valence-electron chi connectivity index (χ1n) is 8.14. The van der Waals surface area contributed by atoms with E-state index in [0.717, 1.165) is 12.1 Å². The summed E-state index contributed by atoms with van der Waals surface area (Å²) >= 11 is 0. The van der Waals surface area contributed by atoms with Gasteiger partial charge in [-0.05, 0) is 44.4 Å². The maximum atomic E-state index is 12.4. The second-order valence-electron chi connectivity index (χ2n) is 7.35. The lowest BCUT2D eigenvalue weighted by Crippen LogP contribution is -2.40. The molecule has 1 atom stereocenters. The molecule has 0 N–H and O–H groups in total. The Morgan fingerprint density at radius 1 is 1.22 bits per heavy atom. The summed E-state index contributed by atoms with van der Waals surface area (Å²) in [5.41, 5.74) is 2.98. The van der Waals surface area contributed by atoms with Crippen molar-refractivity contribution in [3.05, 3.63) is 29.3 Å². The molecule has 0 spiro atoms. The van der Waals surface area contributed by atoms with Gasteiger partial charge in [-0.1, -0.05) is 12.1 Å². The van der Waals surface area contributed by atoms with E-state index in [1.165, 1.54) is 11.1 Å². The zero-order chi connectivity index (χ0) is 16.8. The lowest BCUT2D eigenvalue weighted by atomic mass is 9.96. The second-order valence-corrected chi connectivity index (χ2v) is 7.35. The van der Waals surface area contributed by atoms with Crippen LogP contribution in [0.3, 0.4) is 0 Å². The van der Waals surface area contributed by atoms with Crippen molar-refractivity contribution in [1.82, 2.24) is 4.90 Å². The van der Waals surface area contributed by atoms with E-state index < -0.39 is 5.60 Å². The molecule has 5 heteroatoms. The quantitative estimate of drug-likeness (QED) is 0.739. The van der Waals surface area contributed by atoms with Gasteiger partial charge in [0.1, 0.15) is 5.60 Å². The monoisotopic (exact) mass is 316 g/mol. The molecule has 2 aliphatic heterocycles. The Hall–Kier alpha value is -2.04. The highest BCUT2D eigenvalue weighted by atomic mass is 16.6. The summed E-state index contributed by atoms with van der Waals surface area (Å²) in [7, 11) is 0. The summed E-state index contributed by atoms with van der Waals surface area (Å²) in [5.74, 6) is 0.218. The Morgan fingerprint density at radius 2 is 1.96 bits per heavy atom. The molecule has 0 fully saturated rings. The fourth-order valence-electron chi connectivity index (χ4n) is 3.49. The summed E-state index contributed by atoms with van der Waals surface area (Å²) < 4.78 is 5.52. The Balaban J connectivity index is 1.87. The lowest BCUT2D eigenvalue weighted by Gasteiger charge is -2.28. The molecule has 23 heavy (non-hydrogen) atoms. The second kappa shape index (κ2) is 5.55. The van der Waals surface area contributed by atoms with Crippen molar-refractivity contribution < 1.29 is 14.3 Å². The van der Waals surface area contributed by atoms with Crippen LogP contribution in [0.5, 0.6) is 0 Å². The van der Waals surface area contributed by atoms with E-state index in [9.17, 15) is 9.59 Å². The van der Waals surface area contributed by atoms with Crippen molar-refractivity contribution in [1.29, 1.82) is 0 Å². The van der Waals surface area contributed by atoms with Gasteiger partial charge >= 0.3 is 6.09 Å². The highest BCUT2D eigenvalue weighted by Gasteiger charge is 2.37. The molecule has 2 aliphatic rings. The third-order valence-corrected chi connectivity index (χ3v) is 4.40. The molecule has 0 saturated heterocycles. The minimum Gasteiger partial charge on any atom is -0.444 e. The first-order valence-corrected chi connectivity index (χ1v) is 8.14. The van der Waals surface area contributed by atoms with Crippen molar-refractivity contribution in [3.63, 3.8) is 0 Å². The number of rotatable bonds is 0. The third-order valence-electron chi connectivity index (χ3n) is 4.40. The minimum atomic E-state index is -0.498. The van der Waals surface area contributed by atoms with Gasteiger partial charge in [0, 0.05) is 38.2 Å². The molecular formula is C18H24N2O3. The van der Waals surface area contributed by atoms with Crippen LogP contribution in [0.4, 0.5) is 10.5 Å². The third kappa shape index (κ3) is 3.05. The largest absolute Gasteiger partial charge is 0.444 e. The number of hydrogen-bond acceptors (Lipinski definition) is 3. The van der Waals surface area contributed by atoms with E-state index in [-0.39, 0.29) is 17.9 Å². The molecule has 1 aromatic rings. The van der Waals surface area contributed by atoms with E-state index in [4.69, 9.17) is 4.74 Å². The standard InChI is InChI=1S/C18H24N2O3/c1-12(21)20-11-14-10-19(17(22)23-18(2,3)4)9-8-13-6-5-7-15(20)16(13)14/h5-7,14H,8-11H2,1-4H3/t14-/m0/s1. The summed E-state index contributed by atoms with van der Waals surface area (Å²) in [6.45, 7) is 9.12. The van der Waals surface area contributed by atoms with Gasteiger partial charge in [0.25, 0.3) is 0 Å². The molecule has 5 nitrogen and oxygen atoms in total. The number of anilines is 1. The van der Waals surface area contributed by atoms with Gasteiger partial charge in [-0.15, -0.1) is 0 Å². The minimum absolute atomic E-state index is 0.0512. The molecule has 0 bridgehead atoms. The summed E-state index contributed by atoms with van der Waals surface area (Å²) in [4.78, 5) is 27.9. The Kier molecular flexibility index (Phi) is 3.82. The van der Waals surface area contributed by atoms with Crippen molar-refractivity contribution in [2.45, 2.75) is 45.6 Å². The Morgan fingerprint density at radius 3 is 2.61 bits per heavy atom. The van der Waals surface area contributed by atoms with Gasteiger partial charge in [-0.25, -0.2) is 4.79 Å². The first-order chi connectivity index (χ1) is 10.8. The number of amides is 2. The summed E-state index contributed by atoms with van der Waals surface area (Å²) in [6.07, 6.45) is 0.526. The van der Waals surface area contributed by atoms with Crippen LogP contribution in [0.1, 0.15) is 44.7 Å². The molecule has 0 aliphatic carbocycles. The van der Waals surface area contributed by atoms with E-state index in [1.54, 1.807) is 11.8 Å². The van der Waals surface area contributed by atoms with Gasteiger partial charge in [0.15, 0.2) is 0 Å². The van der Waals surface area contributed by atoms with Crippen LogP contribution in [0.15, 0.2) is 18.2 Å². The molecule has 124 valence electrons. The maximum Gasteiger partial charge on any atom is 0.410 e. The predicted octanol–water partition coefficient (Wildman–Crippen LogP) is 2.93. The molecular weight excluding hydrogens is 292 g/mol. The van der Waals surface area contributed by atoms with Crippen LogP contribution >= 0.6 is 0 Å². The zero-order valence-corrected chi connectivity index (χ0v) is 14.3. The number of hydrogen-bond donors (Lipinski definition) is 0. The molecule has 1 aromatic carbocycles. The van der Waals surface area contributed by atoms with E-state index in [1.807, 2.05) is 37.8 Å². The van der Waals surface area contributed by atoms with Gasteiger partial charge < -0.3 is 14.5 Å². The maximum absolute atomic E-state index is 12.4. The van der Waals surface area contributed by atoms with Crippen molar-refractivity contribution >= 4 is 17.7 Å². The Bertz CT molecular complexity index is 648. The highest BCUT2D eigenvalue weighted by molar-refractivity contribution is 5.94. The number of carbonyl (C=O) groups is 2. The highest BCUT2D eigenvalue weighted by Crippen LogP contribution is 2.41. The fourth-order valence-corrected chi connectivity index (χ4v) is 3.49. The van der Waals surface area contributed by atoms with Crippen LogP contribution in [0.2, 0.25) is 0 Å². The normalized spacial score (nSPS) is 20.1. The van der Waals surface area contributed by atoms with Crippen LogP contribution in [-0.4, -0.2) is 42.1 Å². The summed E-state index contributed by atoms with van der Waals surface area (Å²) in [5, 5.41) is 0. The molecule has 0 aromatic heterocycles. The molecule has 3 rings (SSSR count). The number of nitrogens with zero attached hydrogens (tertiary/aromatic N) is 2.